The van der Waals surface area contributed by atoms with Crippen LogP contribution >= 0.6 is 12.6 Å². The van der Waals surface area contributed by atoms with Gasteiger partial charge >= 0.3 is 0 Å². The molecule has 0 saturated heterocycles. The summed E-state index contributed by atoms with van der Waals surface area (Å²) in [6.07, 6.45) is 0. The third-order valence-corrected chi connectivity index (χ3v) is 2.04. The van der Waals surface area contributed by atoms with E-state index < -0.39 is 0 Å². The van der Waals surface area contributed by atoms with Crippen molar-refractivity contribution in [2.24, 2.45) is 5.73 Å². The Kier molecular flexibility index (Phi) is 1.86. The van der Waals surface area contributed by atoms with Crippen molar-refractivity contribution < 1.29 is 9.47 Å². The van der Waals surface area contributed by atoms with Gasteiger partial charge in [0.2, 0.25) is 6.79 Å². The maximum absolute atomic E-state index is 5.58. The second-order valence-corrected chi connectivity index (χ2v) is 3.11. The van der Waals surface area contributed by atoms with Gasteiger partial charge in [-0.15, -0.1) is 0 Å². The van der Waals surface area contributed by atoms with Gasteiger partial charge in [-0.1, -0.05) is 6.07 Å². The predicted octanol–water partition coefficient (Wildman–Crippen LogP) is 1.30. The number of benzene rings is 1. The van der Waals surface area contributed by atoms with Crippen LogP contribution in [0.3, 0.4) is 0 Å². The molecule has 0 saturated carbocycles. The minimum atomic E-state index is -0.264. The third kappa shape index (κ3) is 1.23. The molecule has 2 N–H and O–H groups in total. The van der Waals surface area contributed by atoms with E-state index in [0.717, 1.165) is 17.1 Å². The fraction of sp³-hybridized carbons (Fsp3) is 0.250. The lowest BCUT2D eigenvalue weighted by atomic mass is 10.2. The summed E-state index contributed by atoms with van der Waals surface area (Å²) in [6.45, 7) is 0.292. The molecule has 3 nitrogen and oxygen atoms in total. The van der Waals surface area contributed by atoms with Crippen LogP contribution in [0.1, 0.15) is 10.9 Å². The summed E-state index contributed by atoms with van der Waals surface area (Å²) in [4.78, 5) is 0. The Morgan fingerprint density at radius 3 is 2.83 bits per heavy atom. The predicted molar refractivity (Wildman–Crippen MR) is 48.5 cm³/mol. The van der Waals surface area contributed by atoms with Crippen LogP contribution in [0.5, 0.6) is 11.5 Å². The van der Waals surface area contributed by atoms with E-state index in [4.69, 9.17) is 15.2 Å². The monoisotopic (exact) mass is 183 g/mol. The van der Waals surface area contributed by atoms with Crippen molar-refractivity contribution in [1.82, 2.24) is 0 Å². The highest BCUT2D eigenvalue weighted by atomic mass is 32.1. The summed E-state index contributed by atoms with van der Waals surface area (Å²) in [5.41, 5.74) is 6.51. The molecule has 1 atom stereocenters. The molecule has 0 amide bonds. The number of fused-ring (bicyclic) bond motifs is 1. The highest BCUT2D eigenvalue weighted by Crippen LogP contribution is 2.34. The largest absolute Gasteiger partial charge is 0.454 e. The molecule has 2 rings (SSSR count). The van der Waals surface area contributed by atoms with Gasteiger partial charge in [0.05, 0.1) is 5.37 Å². The van der Waals surface area contributed by atoms with Crippen LogP contribution in [0.25, 0.3) is 0 Å². The zero-order valence-corrected chi connectivity index (χ0v) is 7.25. The van der Waals surface area contributed by atoms with Crippen LogP contribution < -0.4 is 15.2 Å². The second kappa shape index (κ2) is 2.88. The van der Waals surface area contributed by atoms with E-state index >= 15 is 0 Å². The number of hydrogen-bond acceptors (Lipinski definition) is 4. The van der Waals surface area contributed by atoms with Gasteiger partial charge in [-0.05, 0) is 17.7 Å². The average Bonchev–Trinajstić information content (AvgIpc) is 2.49. The Bertz CT molecular complexity index is 301. The van der Waals surface area contributed by atoms with Gasteiger partial charge in [-0.2, -0.15) is 12.6 Å². The van der Waals surface area contributed by atoms with Crippen molar-refractivity contribution in [1.29, 1.82) is 0 Å². The van der Waals surface area contributed by atoms with Gasteiger partial charge in [-0.25, -0.2) is 0 Å². The minimum absolute atomic E-state index is 0.264. The van der Waals surface area contributed by atoms with Gasteiger partial charge in [0.15, 0.2) is 11.5 Å². The molecule has 0 fully saturated rings. The lowest BCUT2D eigenvalue weighted by molar-refractivity contribution is 0.174. The van der Waals surface area contributed by atoms with E-state index in [9.17, 15) is 0 Å². The molecule has 0 radical (unpaired) electrons. The molecule has 0 spiro atoms. The van der Waals surface area contributed by atoms with Crippen LogP contribution in [-0.4, -0.2) is 6.79 Å². The molecular weight excluding hydrogens is 174 g/mol. The Hall–Kier alpha value is -0.870. The normalized spacial score (nSPS) is 16.2. The molecule has 1 aromatic carbocycles. The van der Waals surface area contributed by atoms with Crippen molar-refractivity contribution in [3.05, 3.63) is 23.8 Å². The van der Waals surface area contributed by atoms with Gasteiger partial charge in [0.25, 0.3) is 0 Å². The van der Waals surface area contributed by atoms with Crippen molar-refractivity contribution in [2.45, 2.75) is 5.37 Å². The minimum Gasteiger partial charge on any atom is -0.454 e. The summed E-state index contributed by atoms with van der Waals surface area (Å²) in [5.74, 6) is 1.52. The van der Waals surface area contributed by atoms with Crippen LogP contribution in [0, 0.1) is 0 Å². The van der Waals surface area contributed by atoms with Gasteiger partial charge in [0.1, 0.15) is 0 Å². The summed E-state index contributed by atoms with van der Waals surface area (Å²) < 4.78 is 10.3. The fourth-order valence-electron chi connectivity index (χ4n) is 1.10. The van der Waals surface area contributed by atoms with E-state index in [1.807, 2.05) is 18.2 Å². The average molecular weight is 183 g/mol. The van der Waals surface area contributed by atoms with E-state index in [-0.39, 0.29) is 5.37 Å². The smallest absolute Gasteiger partial charge is 0.231 e. The lowest BCUT2D eigenvalue weighted by Crippen LogP contribution is -2.01. The van der Waals surface area contributed by atoms with Crippen LogP contribution in [0.2, 0.25) is 0 Å². The molecular formula is C8H9NO2S. The highest BCUT2D eigenvalue weighted by Gasteiger charge is 2.14. The molecule has 1 aliphatic rings. The first-order valence-corrected chi connectivity index (χ1v) is 4.12. The molecule has 64 valence electrons. The summed E-state index contributed by atoms with van der Waals surface area (Å²) in [5, 5.41) is -0.264. The van der Waals surface area contributed by atoms with E-state index in [1.165, 1.54) is 0 Å². The number of nitrogens with two attached hydrogens (primary N) is 1. The summed E-state index contributed by atoms with van der Waals surface area (Å²) in [6, 6.07) is 5.57. The Morgan fingerprint density at radius 2 is 2.08 bits per heavy atom. The van der Waals surface area contributed by atoms with Gasteiger partial charge < -0.3 is 15.2 Å². The zero-order valence-electron chi connectivity index (χ0n) is 6.36. The highest BCUT2D eigenvalue weighted by molar-refractivity contribution is 7.80. The lowest BCUT2D eigenvalue weighted by Gasteiger charge is -2.04. The fourth-order valence-corrected chi connectivity index (χ4v) is 1.26. The molecule has 1 aromatic rings. The van der Waals surface area contributed by atoms with Crippen LogP contribution in [0.4, 0.5) is 0 Å². The maximum Gasteiger partial charge on any atom is 0.231 e. The number of hydrogen-bond donors (Lipinski definition) is 2. The summed E-state index contributed by atoms with van der Waals surface area (Å²) in [7, 11) is 0. The first-order chi connectivity index (χ1) is 5.77. The van der Waals surface area contributed by atoms with Crippen molar-refractivity contribution in [3.63, 3.8) is 0 Å². The number of ether oxygens (including phenoxy) is 2. The molecule has 1 aliphatic heterocycles. The standard InChI is InChI=1S/C8H9NO2S/c9-8(12)5-1-2-6-7(3-5)11-4-10-6/h1-3,8,12H,4,9H2. The number of thiol groups is 1. The molecule has 0 bridgehead atoms. The molecule has 1 heterocycles. The Morgan fingerprint density at radius 1 is 1.33 bits per heavy atom. The van der Waals surface area contributed by atoms with Gasteiger partial charge in [0, 0.05) is 0 Å². The van der Waals surface area contributed by atoms with E-state index in [1.54, 1.807) is 0 Å². The Labute approximate surface area is 75.9 Å². The van der Waals surface area contributed by atoms with Crippen LogP contribution in [-0.2, 0) is 0 Å². The molecule has 0 aliphatic carbocycles. The molecule has 4 heteroatoms. The molecule has 1 unspecified atom stereocenters. The van der Waals surface area contributed by atoms with Crippen LogP contribution in [0.15, 0.2) is 18.2 Å². The first-order valence-electron chi connectivity index (χ1n) is 3.60. The second-order valence-electron chi connectivity index (χ2n) is 2.56. The Balaban J connectivity index is 2.39. The first kappa shape index (κ1) is 7.76. The zero-order chi connectivity index (χ0) is 8.55. The van der Waals surface area contributed by atoms with Crippen molar-refractivity contribution in [3.8, 4) is 11.5 Å². The quantitative estimate of drug-likeness (QED) is 0.509. The summed E-state index contributed by atoms with van der Waals surface area (Å²) >= 11 is 4.11. The topological polar surface area (TPSA) is 44.5 Å². The SMILES string of the molecule is NC(S)c1ccc2c(c1)OCO2. The van der Waals surface area contributed by atoms with Gasteiger partial charge in [-0.3, -0.25) is 0 Å². The number of rotatable bonds is 1. The molecule has 12 heavy (non-hydrogen) atoms. The van der Waals surface area contributed by atoms with E-state index in [0.29, 0.717) is 6.79 Å². The van der Waals surface area contributed by atoms with Crippen molar-refractivity contribution >= 4 is 12.6 Å². The third-order valence-electron chi connectivity index (χ3n) is 1.74. The maximum atomic E-state index is 5.58. The molecule has 0 aromatic heterocycles. The van der Waals surface area contributed by atoms with E-state index in [2.05, 4.69) is 12.6 Å². The van der Waals surface area contributed by atoms with Crippen molar-refractivity contribution in [2.75, 3.05) is 6.79 Å².